The Labute approximate surface area is 258 Å². The highest BCUT2D eigenvalue weighted by Gasteiger charge is 2.46. The Balaban J connectivity index is 1.47. The van der Waals surface area contributed by atoms with Crippen molar-refractivity contribution in [2.45, 2.75) is 30.7 Å². The number of phenolic OH excluding ortho intramolecular Hbond substituents is 5. The van der Waals surface area contributed by atoms with E-state index in [0.29, 0.717) is 5.56 Å². The molecule has 8 N–H and O–H groups in total. The molecule has 46 heavy (non-hydrogen) atoms. The summed E-state index contributed by atoms with van der Waals surface area (Å²) >= 11 is 0. The molecule has 5 rings (SSSR count). The van der Waals surface area contributed by atoms with E-state index in [1.807, 2.05) is 0 Å². The zero-order valence-corrected chi connectivity index (χ0v) is 23.8. The Hall–Kier alpha value is -5.48. The van der Waals surface area contributed by atoms with Crippen LogP contribution in [-0.4, -0.2) is 91.2 Å². The largest absolute Gasteiger partial charge is 0.508 e. The Morgan fingerprint density at radius 3 is 2.30 bits per heavy atom. The number of methoxy groups -OCH3 is 1. The summed E-state index contributed by atoms with van der Waals surface area (Å²) in [5, 5.41) is 81.4. The number of phenols is 5. The number of carbonyl (C=O) groups excluding carboxylic acids is 1. The second-order valence-corrected chi connectivity index (χ2v) is 10.2. The lowest BCUT2D eigenvalue weighted by Crippen LogP contribution is -2.60. The van der Waals surface area contributed by atoms with E-state index in [9.17, 15) is 50.4 Å². The first-order valence-corrected chi connectivity index (χ1v) is 13.5. The number of aliphatic hydroxyl groups excluding tert-OH is 3. The van der Waals surface area contributed by atoms with E-state index >= 15 is 0 Å². The van der Waals surface area contributed by atoms with Crippen LogP contribution in [0, 0.1) is 0 Å². The number of aromatic hydroxyl groups is 5. The van der Waals surface area contributed by atoms with Crippen LogP contribution in [0.25, 0.3) is 28.4 Å². The highest BCUT2D eigenvalue weighted by Crippen LogP contribution is 2.43. The maximum absolute atomic E-state index is 13.7. The highest BCUT2D eigenvalue weighted by molar-refractivity contribution is 5.89. The molecule has 5 atom stereocenters. The first kappa shape index (κ1) is 31.9. The second kappa shape index (κ2) is 12.9. The number of carbonyl (C=O) groups is 1. The standard InChI is InChI=1S/C31H28O15/c1-42-20-9-14(8-18(35)24(20)37)29-30(26(39)23-17(34)10-16(33)11-19(23)44-29)46-31-28(41)27(40)25(38)21(45-31)12-43-22(36)7-4-13-2-5-15(32)6-3-13/h2-11,21,25,27-28,31-35,37-38,40-41H,12H2,1H3/b7-4+/t21-,25-,27+,28-,31+/m1/s1. The van der Waals surface area contributed by atoms with Crippen molar-refractivity contribution in [2.24, 2.45) is 0 Å². The van der Waals surface area contributed by atoms with Crippen LogP contribution in [0.1, 0.15) is 5.56 Å². The molecule has 0 unspecified atom stereocenters. The minimum absolute atomic E-state index is 0.0336. The molecule has 0 radical (unpaired) electrons. The third-order valence-corrected chi connectivity index (χ3v) is 7.05. The van der Waals surface area contributed by atoms with Crippen molar-refractivity contribution in [3.63, 3.8) is 0 Å². The van der Waals surface area contributed by atoms with Gasteiger partial charge in [-0.2, -0.15) is 0 Å². The summed E-state index contributed by atoms with van der Waals surface area (Å²) in [5.41, 5.74) is -0.900. The summed E-state index contributed by atoms with van der Waals surface area (Å²) in [6, 6.07) is 9.96. The molecule has 242 valence electrons. The minimum Gasteiger partial charge on any atom is -0.508 e. The Morgan fingerprint density at radius 1 is 0.891 bits per heavy atom. The SMILES string of the molecule is COc1cc(-c2oc3cc(O)cc(O)c3c(=O)c2O[C@@H]2O[C@H](COC(=O)/C=C/c3ccc(O)cc3)[C@@H](O)[C@H](O)[C@H]2O)cc(O)c1O. The third kappa shape index (κ3) is 6.33. The molecule has 0 amide bonds. The van der Waals surface area contributed by atoms with Crippen LogP contribution in [0.2, 0.25) is 0 Å². The van der Waals surface area contributed by atoms with E-state index in [1.165, 1.54) is 31.4 Å². The molecular formula is C31H28O15. The molecule has 1 aliphatic heterocycles. The molecule has 1 aliphatic rings. The molecule has 15 nitrogen and oxygen atoms in total. The fourth-order valence-electron chi connectivity index (χ4n) is 4.67. The van der Waals surface area contributed by atoms with Crippen molar-refractivity contribution >= 4 is 23.0 Å². The van der Waals surface area contributed by atoms with E-state index in [0.717, 1.165) is 24.3 Å². The number of hydrogen-bond donors (Lipinski definition) is 8. The predicted octanol–water partition coefficient (Wildman–Crippen LogP) is 1.44. The number of ether oxygens (including phenoxy) is 4. The van der Waals surface area contributed by atoms with Crippen molar-refractivity contribution in [1.82, 2.24) is 0 Å². The lowest BCUT2D eigenvalue weighted by molar-refractivity contribution is -0.278. The molecular weight excluding hydrogens is 612 g/mol. The Morgan fingerprint density at radius 2 is 1.61 bits per heavy atom. The van der Waals surface area contributed by atoms with E-state index in [1.54, 1.807) is 12.1 Å². The fraction of sp³-hybridized carbons (Fsp3) is 0.226. The van der Waals surface area contributed by atoms with Crippen molar-refractivity contribution in [3.8, 4) is 51.6 Å². The van der Waals surface area contributed by atoms with Crippen LogP contribution in [0.5, 0.6) is 40.2 Å². The van der Waals surface area contributed by atoms with Gasteiger partial charge in [-0.05, 0) is 35.9 Å². The second-order valence-electron chi connectivity index (χ2n) is 10.2. The van der Waals surface area contributed by atoms with Crippen LogP contribution in [-0.2, 0) is 14.3 Å². The fourth-order valence-corrected chi connectivity index (χ4v) is 4.67. The van der Waals surface area contributed by atoms with Crippen molar-refractivity contribution < 1.29 is 69.0 Å². The normalized spacial score (nSPS) is 21.3. The van der Waals surface area contributed by atoms with E-state index in [4.69, 9.17) is 23.4 Å². The van der Waals surface area contributed by atoms with Gasteiger partial charge < -0.3 is 64.2 Å². The van der Waals surface area contributed by atoms with Gasteiger partial charge in [-0.25, -0.2) is 4.79 Å². The number of fused-ring (bicyclic) bond motifs is 1. The third-order valence-electron chi connectivity index (χ3n) is 7.05. The quantitative estimate of drug-likeness (QED) is 0.0771. The maximum Gasteiger partial charge on any atom is 0.330 e. The van der Waals surface area contributed by atoms with E-state index < -0.39 is 88.6 Å². The average molecular weight is 641 g/mol. The number of benzene rings is 3. The summed E-state index contributed by atoms with van der Waals surface area (Å²) in [5.74, 6) is -4.71. The molecule has 0 aliphatic carbocycles. The summed E-state index contributed by atoms with van der Waals surface area (Å²) in [6.45, 7) is -0.633. The molecule has 0 bridgehead atoms. The van der Waals surface area contributed by atoms with Gasteiger partial charge in [0.15, 0.2) is 17.3 Å². The predicted molar refractivity (Wildman–Crippen MR) is 157 cm³/mol. The maximum atomic E-state index is 13.7. The molecule has 2 heterocycles. The summed E-state index contributed by atoms with van der Waals surface area (Å²) in [7, 11) is 1.19. The van der Waals surface area contributed by atoms with Crippen molar-refractivity contribution in [2.75, 3.05) is 13.7 Å². The van der Waals surface area contributed by atoms with Crippen molar-refractivity contribution in [3.05, 3.63) is 70.4 Å². The van der Waals surface area contributed by atoms with Crippen LogP contribution < -0.4 is 14.9 Å². The van der Waals surface area contributed by atoms with Gasteiger partial charge in [0.05, 0.1) is 7.11 Å². The lowest BCUT2D eigenvalue weighted by atomic mass is 9.99. The van der Waals surface area contributed by atoms with Crippen LogP contribution in [0.3, 0.4) is 0 Å². The summed E-state index contributed by atoms with van der Waals surface area (Å²) in [6.07, 6.45) is -6.59. The van der Waals surface area contributed by atoms with E-state index in [-0.39, 0.29) is 22.6 Å². The zero-order valence-electron chi connectivity index (χ0n) is 23.8. The van der Waals surface area contributed by atoms with Crippen molar-refractivity contribution in [1.29, 1.82) is 0 Å². The first-order valence-electron chi connectivity index (χ1n) is 13.5. The van der Waals surface area contributed by atoms with Gasteiger partial charge in [0.1, 0.15) is 59.2 Å². The molecule has 4 aromatic rings. The van der Waals surface area contributed by atoms with Crippen LogP contribution in [0.4, 0.5) is 0 Å². The van der Waals surface area contributed by atoms with Gasteiger partial charge in [0.25, 0.3) is 0 Å². The lowest BCUT2D eigenvalue weighted by Gasteiger charge is -2.39. The van der Waals surface area contributed by atoms with Gasteiger partial charge in [-0.3, -0.25) is 4.79 Å². The Bertz CT molecular complexity index is 1850. The minimum atomic E-state index is -1.98. The number of rotatable bonds is 8. The van der Waals surface area contributed by atoms with Gasteiger partial charge in [-0.1, -0.05) is 12.1 Å². The van der Waals surface area contributed by atoms with Crippen LogP contribution >= 0.6 is 0 Å². The van der Waals surface area contributed by atoms with Gasteiger partial charge >= 0.3 is 5.97 Å². The summed E-state index contributed by atoms with van der Waals surface area (Å²) in [4.78, 5) is 26.0. The first-order chi connectivity index (χ1) is 21.9. The monoisotopic (exact) mass is 640 g/mol. The molecule has 1 saturated heterocycles. The summed E-state index contributed by atoms with van der Waals surface area (Å²) < 4.78 is 27.3. The molecule has 1 aromatic heterocycles. The van der Waals surface area contributed by atoms with Gasteiger partial charge in [0.2, 0.25) is 23.2 Å². The topological polar surface area (TPSA) is 246 Å². The number of aliphatic hydroxyl groups is 3. The number of esters is 1. The molecule has 3 aromatic carbocycles. The number of hydrogen-bond acceptors (Lipinski definition) is 15. The van der Waals surface area contributed by atoms with Gasteiger partial charge in [0, 0.05) is 23.8 Å². The molecule has 15 heteroatoms. The zero-order chi connectivity index (χ0) is 33.3. The van der Waals surface area contributed by atoms with Gasteiger partial charge in [-0.15, -0.1) is 0 Å². The highest BCUT2D eigenvalue weighted by atomic mass is 16.7. The average Bonchev–Trinajstić information content (AvgIpc) is 3.02. The smallest absolute Gasteiger partial charge is 0.330 e. The molecule has 1 fully saturated rings. The van der Waals surface area contributed by atoms with E-state index in [2.05, 4.69) is 0 Å². The molecule has 0 spiro atoms. The Kier molecular flexibility index (Phi) is 8.93. The van der Waals surface area contributed by atoms with Crippen LogP contribution in [0.15, 0.2) is 63.8 Å². The molecule has 0 saturated carbocycles.